The third-order valence-electron chi connectivity index (χ3n) is 2.56. The van der Waals surface area contributed by atoms with Gasteiger partial charge in [-0.15, -0.1) is 0 Å². The lowest BCUT2D eigenvalue weighted by molar-refractivity contribution is 0.571. The molecule has 0 bridgehead atoms. The molecule has 112 valence electrons. The molecule has 0 saturated carbocycles. The quantitative estimate of drug-likeness (QED) is 0.612. The van der Waals surface area contributed by atoms with Gasteiger partial charge in [-0.1, -0.05) is 23.7 Å². The molecule has 2 aromatic rings. The Kier molecular flexibility index (Phi) is 4.40. The minimum atomic E-state index is -4.38. The van der Waals surface area contributed by atoms with Gasteiger partial charge in [-0.3, -0.25) is 4.72 Å². The maximum atomic E-state index is 14.0. The van der Waals surface area contributed by atoms with E-state index in [-0.39, 0.29) is 15.2 Å². The molecule has 2 aromatic carbocycles. The minimum absolute atomic E-state index is 0.0477. The van der Waals surface area contributed by atoms with E-state index in [2.05, 4.69) is 15.9 Å². The van der Waals surface area contributed by atoms with Crippen molar-refractivity contribution in [1.29, 1.82) is 0 Å². The summed E-state index contributed by atoms with van der Waals surface area (Å²) >= 11 is 8.71. The summed E-state index contributed by atoms with van der Waals surface area (Å²) in [5, 5.41) is -0.0807. The second-order valence-electron chi connectivity index (χ2n) is 3.98. The van der Waals surface area contributed by atoms with Crippen molar-refractivity contribution in [2.75, 3.05) is 10.5 Å². The zero-order chi connectivity index (χ0) is 15.8. The third-order valence-corrected chi connectivity index (χ3v) is 5.31. The van der Waals surface area contributed by atoms with Gasteiger partial charge in [0.1, 0.15) is 10.7 Å². The highest BCUT2D eigenvalue weighted by molar-refractivity contribution is 9.10. The highest BCUT2D eigenvalue weighted by atomic mass is 79.9. The van der Waals surface area contributed by atoms with Crippen molar-refractivity contribution in [2.24, 2.45) is 0 Å². The van der Waals surface area contributed by atoms with E-state index in [1.165, 1.54) is 18.2 Å². The number of rotatable bonds is 3. The lowest BCUT2D eigenvalue weighted by Gasteiger charge is -2.12. The summed E-state index contributed by atoms with van der Waals surface area (Å²) in [5.41, 5.74) is 4.67. The molecule has 21 heavy (non-hydrogen) atoms. The fourth-order valence-electron chi connectivity index (χ4n) is 1.54. The van der Waals surface area contributed by atoms with Crippen LogP contribution in [0.4, 0.5) is 20.2 Å². The average Bonchev–Trinajstić information content (AvgIpc) is 2.42. The summed E-state index contributed by atoms with van der Waals surface area (Å²) in [6, 6.07) is 5.98. The molecular weight excluding hydrogens is 390 g/mol. The predicted molar refractivity (Wildman–Crippen MR) is 80.7 cm³/mol. The van der Waals surface area contributed by atoms with Gasteiger partial charge in [0, 0.05) is 0 Å². The highest BCUT2D eigenvalue weighted by Crippen LogP contribution is 2.35. The highest BCUT2D eigenvalue weighted by Gasteiger charge is 2.25. The molecule has 0 aliphatic rings. The number of nitrogen functional groups attached to an aromatic ring is 1. The van der Waals surface area contributed by atoms with Gasteiger partial charge in [0.25, 0.3) is 10.0 Å². The fourth-order valence-corrected chi connectivity index (χ4v) is 3.29. The number of sulfonamides is 1. The van der Waals surface area contributed by atoms with Gasteiger partial charge in [0.05, 0.1) is 20.9 Å². The molecular formula is C12H8BrClF2N2O2S. The summed E-state index contributed by atoms with van der Waals surface area (Å²) < 4.78 is 53.8. The zero-order valence-electron chi connectivity index (χ0n) is 10.2. The number of hydrogen-bond acceptors (Lipinski definition) is 3. The van der Waals surface area contributed by atoms with Gasteiger partial charge in [0.2, 0.25) is 0 Å². The average molecular weight is 398 g/mol. The lowest BCUT2D eigenvalue weighted by Crippen LogP contribution is -2.16. The monoisotopic (exact) mass is 396 g/mol. The number of para-hydroxylation sites is 1. The standard InChI is InChI=1S/C12H8BrClF2N2O2S/c13-10-6(14)5-9(11(16)12(10)17)21(19,20)18-8-4-2-1-3-7(8)15/h1-5,18H,17H2. The number of anilines is 2. The molecule has 0 aliphatic carbocycles. The van der Waals surface area contributed by atoms with Crippen LogP contribution in [0.1, 0.15) is 0 Å². The number of benzene rings is 2. The number of nitrogens with one attached hydrogen (secondary N) is 1. The second-order valence-corrected chi connectivity index (χ2v) is 6.83. The van der Waals surface area contributed by atoms with Crippen molar-refractivity contribution in [1.82, 2.24) is 0 Å². The number of hydrogen-bond donors (Lipinski definition) is 2. The number of nitrogens with two attached hydrogens (primary N) is 1. The zero-order valence-corrected chi connectivity index (χ0v) is 13.4. The van der Waals surface area contributed by atoms with Crippen molar-refractivity contribution in [3.05, 3.63) is 51.5 Å². The summed E-state index contributed by atoms with van der Waals surface area (Å²) in [6.07, 6.45) is 0. The van der Waals surface area contributed by atoms with Crippen LogP contribution < -0.4 is 10.5 Å². The molecule has 3 N–H and O–H groups in total. The van der Waals surface area contributed by atoms with E-state index in [0.717, 1.165) is 12.1 Å². The van der Waals surface area contributed by atoms with Crippen molar-refractivity contribution in [3.63, 3.8) is 0 Å². The first-order valence-electron chi connectivity index (χ1n) is 5.44. The molecule has 4 nitrogen and oxygen atoms in total. The van der Waals surface area contributed by atoms with Gasteiger partial charge < -0.3 is 5.73 Å². The topological polar surface area (TPSA) is 72.2 Å². The summed E-state index contributed by atoms with van der Waals surface area (Å²) in [5.74, 6) is -1.97. The largest absolute Gasteiger partial charge is 0.395 e. The lowest BCUT2D eigenvalue weighted by atomic mass is 10.3. The Morgan fingerprint density at radius 2 is 1.86 bits per heavy atom. The molecule has 2 rings (SSSR count). The Morgan fingerprint density at radius 3 is 2.48 bits per heavy atom. The molecule has 0 saturated heterocycles. The van der Waals surface area contributed by atoms with E-state index in [9.17, 15) is 17.2 Å². The van der Waals surface area contributed by atoms with E-state index >= 15 is 0 Å². The van der Waals surface area contributed by atoms with E-state index in [4.69, 9.17) is 17.3 Å². The van der Waals surface area contributed by atoms with Crippen LogP contribution in [0.3, 0.4) is 0 Å². The Morgan fingerprint density at radius 1 is 1.24 bits per heavy atom. The van der Waals surface area contributed by atoms with Crippen molar-refractivity contribution in [2.45, 2.75) is 4.90 Å². The summed E-state index contributed by atoms with van der Waals surface area (Å²) in [7, 11) is -4.38. The molecule has 0 aliphatic heterocycles. The van der Waals surface area contributed by atoms with Crippen LogP contribution in [-0.4, -0.2) is 8.42 Å². The molecule has 9 heteroatoms. The van der Waals surface area contributed by atoms with Gasteiger partial charge in [-0.2, -0.15) is 0 Å². The van der Waals surface area contributed by atoms with Crippen LogP contribution in [0.15, 0.2) is 39.7 Å². The summed E-state index contributed by atoms with van der Waals surface area (Å²) in [4.78, 5) is -0.767. The first-order valence-corrected chi connectivity index (χ1v) is 8.10. The Labute approximate surface area is 133 Å². The van der Waals surface area contributed by atoms with Gasteiger partial charge in [0.15, 0.2) is 5.82 Å². The Balaban J connectivity index is 2.53. The maximum absolute atomic E-state index is 14.0. The SMILES string of the molecule is Nc1c(F)c(S(=O)(=O)Nc2ccccc2F)cc(Cl)c1Br. The molecule has 0 fully saturated rings. The van der Waals surface area contributed by atoms with E-state index < -0.39 is 32.2 Å². The van der Waals surface area contributed by atoms with Gasteiger partial charge in [-0.05, 0) is 34.1 Å². The molecule has 0 radical (unpaired) electrons. The molecule has 0 unspecified atom stereocenters. The third kappa shape index (κ3) is 3.12. The first kappa shape index (κ1) is 16.0. The van der Waals surface area contributed by atoms with Crippen molar-refractivity contribution in [3.8, 4) is 0 Å². The minimum Gasteiger partial charge on any atom is -0.395 e. The van der Waals surface area contributed by atoms with E-state index in [1.54, 1.807) is 0 Å². The summed E-state index contributed by atoms with van der Waals surface area (Å²) in [6.45, 7) is 0. The first-order chi connectivity index (χ1) is 9.74. The van der Waals surface area contributed by atoms with Crippen LogP contribution in [0.5, 0.6) is 0 Å². The van der Waals surface area contributed by atoms with Crippen molar-refractivity contribution < 1.29 is 17.2 Å². The molecule has 0 amide bonds. The molecule has 0 aromatic heterocycles. The number of halogens is 4. The normalized spacial score (nSPS) is 11.4. The van der Waals surface area contributed by atoms with Crippen LogP contribution in [0.2, 0.25) is 5.02 Å². The molecule has 0 heterocycles. The van der Waals surface area contributed by atoms with Crippen LogP contribution in [0.25, 0.3) is 0 Å². The van der Waals surface area contributed by atoms with Crippen LogP contribution >= 0.6 is 27.5 Å². The van der Waals surface area contributed by atoms with Gasteiger partial charge in [-0.25, -0.2) is 17.2 Å². The second kappa shape index (κ2) is 5.78. The van der Waals surface area contributed by atoms with E-state index in [1.807, 2.05) is 4.72 Å². The maximum Gasteiger partial charge on any atom is 0.265 e. The van der Waals surface area contributed by atoms with Crippen LogP contribution in [-0.2, 0) is 10.0 Å². The predicted octanol–water partition coefficient (Wildman–Crippen LogP) is 3.76. The Bertz CT molecular complexity index is 815. The molecule has 0 spiro atoms. The Hall–Kier alpha value is -1.38. The molecule has 0 atom stereocenters. The fraction of sp³-hybridized carbons (Fsp3) is 0. The smallest absolute Gasteiger partial charge is 0.265 e. The van der Waals surface area contributed by atoms with E-state index in [0.29, 0.717) is 0 Å². The van der Waals surface area contributed by atoms with Gasteiger partial charge >= 0.3 is 0 Å². The van der Waals surface area contributed by atoms with Crippen LogP contribution in [0, 0.1) is 11.6 Å². The van der Waals surface area contributed by atoms with Crippen molar-refractivity contribution >= 4 is 48.9 Å².